The van der Waals surface area contributed by atoms with Gasteiger partial charge in [-0.05, 0) is 45.6 Å². The summed E-state index contributed by atoms with van der Waals surface area (Å²) < 4.78 is 2.85. The van der Waals surface area contributed by atoms with Crippen LogP contribution in [0.15, 0.2) is 30.3 Å². The first-order chi connectivity index (χ1) is 9.62. The number of hydrogen-bond donors (Lipinski definition) is 1. The lowest BCUT2D eigenvalue weighted by molar-refractivity contribution is 0.0424. The van der Waals surface area contributed by atoms with Crippen molar-refractivity contribution >= 4 is 12.2 Å². The minimum atomic E-state index is 0.228. The molecule has 0 unspecified atom stereocenters. The summed E-state index contributed by atoms with van der Waals surface area (Å²) in [7, 11) is 4.32. The molecule has 0 saturated heterocycles. The number of likely N-dealkylation sites (N-methyl/N-ethyl adjacent to an activating group) is 1. The summed E-state index contributed by atoms with van der Waals surface area (Å²) in [5.74, 6) is 0.934. The zero-order valence-electron chi connectivity index (χ0n) is 12.0. The molecule has 0 aliphatic heterocycles. The van der Waals surface area contributed by atoms with Gasteiger partial charge in [-0.1, -0.05) is 30.3 Å². The van der Waals surface area contributed by atoms with Gasteiger partial charge in [0, 0.05) is 17.6 Å². The van der Waals surface area contributed by atoms with E-state index in [0.29, 0.717) is 4.77 Å². The van der Waals surface area contributed by atoms with E-state index in [-0.39, 0.29) is 5.54 Å². The molecular weight excluding hydrogens is 268 g/mol. The molecule has 106 valence electrons. The van der Waals surface area contributed by atoms with Crippen LogP contribution in [-0.4, -0.2) is 39.3 Å². The summed E-state index contributed by atoms with van der Waals surface area (Å²) in [5, 5.41) is 7.36. The van der Waals surface area contributed by atoms with Crippen LogP contribution in [0.5, 0.6) is 0 Å². The largest absolute Gasteiger partial charge is 0.302 e. The molecule has 0 amide bonds. The summed E-state index contributed by atoms with van der Waals surface area (Å²) in [5.41, 5.74) is 1.33. The monoisotopic (exact) mass is 288 g/mol. The molecule has 0 radical (unpaired) electrons. The fourth-order valence-electron chi connectivity index (χ4n) is 2.90. The third kappa shape index (κ3) is 2.21. The van der Waals surface area contributed by atoms with Gasteiger partial charge in [0.2, 0.25) is 0 Å². The van der Waals surface area contributed by atoms with Crippen LogP contribution in [0.1, 0.15) is 19.3 Å². The topological polar surface area (TPSA) is 36.9 Å². The second-order valence-electron chi connectivity index (χ2n) is 5.78. The van der Waals surface area contributed by atoms with Gasteiger partial charge in [0.1, 0.15) is 0 Å². The Kier molecular flexibility index (Phi) is 3.48. The van der Waals surface area contributed by atoms with E-state index in [0.717, 1.165) is 17.9 Å². The van der Waals surface area contributed by atoms with Crippen LogP contribution in [0, 0.1) is 4.77 Å². The van der Waals surface area contributed by atoms with E-state index in [1.807, 2.05) is 18.2 Å². The van der Waals surface area contributed by atoms with Crippen molar-refractivity contribution in [3.63, 3.8) is 0 Å². The van der Waals surface area contributed by atoms with E-state index in [1.54, 1.807) is 0 Å². The zero-order chi connectivity index (χ0) is 14.2. The van der Waals surface area contributed by atoms with E-state index in [1.165, 1.54) is 19.3 Å². The van der Waals surface area contributed by atoms with Gasteiger partial charge in [-0.15, -0.1) is 0 Å². The Balaban J connectivity index is 1.98. The van der Waals surface area contributed by atoms with Crippen LogP contribution < -0.4 is 0 Å². The SMILES string of the molecule is CN(C)C1(Cn2c(-c3ccccc3)n[nH]c2=S)CCC1. The molecule has 1 fully saturated rings. The summed E-state index contributed by atoms with van der Waals surface area (Å²) in [4.78, 5) is 2.33. The van der Waals surface area contributed by atoms with E-state index in [2.05, 4.69) is 45.9 Å². The number of nitrogens with zero attached hydrogens (tertiary/aromatic N) is 3. The summed E-state index contributed by atoms with van der Waals surface area (Å²) in [6, 6.07) is 10.2. The Labute approximate surface area is 124 Å². The normalized spacial score (nSPS) is 17.1. The van der Waals surface area contributed by atoms with Crippen LogP contribution in [-0.2, 0) is 6.54 Å². The van der Waals surface area contributed by atoms with E-state index in [9.17, 15) is 0 Å². The van der Waals surface area contributed by atoms with E-state index in [4.69, 9.17) is 12.2 Å². The first-order valence-electron chi connectivity index (χ1n) is 7.00. The minimum Gasteiger partial charge on any atom is -0.302 e. The van der Waals surface area contributed by atoms with Gasteiger partial charge >= 0.3 is 0 Å². The Morgan fingerprint density at radius 3 is 2.55 bits per heavy atom. The number of rotatable bonds is 4. The van der Waals surface area contributed by atoms with E-state index >= 15 is 0 Å². The predicted octanol–water partition coefficient (Wildman–Crippen LogP) is 3.09. The van der Waals surface area contributed by atoms with Gasteiger partial charge in [0.05, 0.1) is 0 Å². The highest BCUT2D eigenvalue weighted by Crippen LogP contribution is 2.38. The number of H-pyrrole nitrogens is 1. The lowest BCUT2D eigenvalue weighted by atomic mass is 9.75. The highest BCUT2D eigenvalue weighted by atomic mass is 32.1. The van der Waals surface area contributed by atoms with Gasteiger partial charge in [-0.2, -0.15) is 5.10 Å². The van der Waals surface area contributed by atoms with E-state index < -0.39 is 0 Å². The van der Waals surface area contributed by atoms with Crippen LogP contribution in [0.3, 0.4) is 0 Å². The maximum absolute atomic E-state index is 5.43. The van der Waals surface area contributed by atoms with Crippen molar-refractivity contribution in [1.29, 1.82) is 0 Å². The Bertz CT molecular complexity index is 637. The molecule has 0 atom stereocenters. The number of aromatic nitrogens is 3. The standard InChI is InChI=1S/C15H20N4S/c1-18(2)15(9-6-10-15)11-19-13(16-17-14(19)20)12-7-4-3-5-8-12/h3-5,7-8H,6,9-11H2,1-2H3,(H,17,20). The van der Waals surface area contributed by atoms with Gasteiger partial charge in [-0.3, -0.25) is 9.67 Å². The number of benzene rings is 1. The summed E-state index contributed by atoms with van der Waals surface area (Å²) in [6.07, 6.45) is 3.74. The maximum atomic E-state index is 5.43. The van der Waals surface area contributed by atoms with Gasteiger partial charge in [0.15, 0.2) is 10.6 Å². The van der Waals surface area contributed by atoms with Crippen molar-refractivity contribution in [3.8, 4) is 11.4 Å². The molecular formula is C15H20N4S. The van der Waals surface area contributed by atoms with Crippen LogP contribution in [0.4, 0.5) is 0 Å². The van der Waals surface area contributed by atoms with Crippen molar-refractivity contribution in [3.05, 3.63) is 35.1 Å². The lowest BCUT2D eigenvalue weighted by Crippen LogP contribution is -2.53. The number of aromatic amines is 1. The Hall–Kier alpha value is -1.46. The highest BCUT2D eigenvalue weighted by molar-refractivity contribution is 7.71. The van der Waals surface area contributed by atoms with Crippen molar-refractivity contribution in [1.82, 2.24) is 19.7 Å². The fourth-order valence-corrected chi connectivity index (χ4v) is 3.09. The molecule has 1 aromatic carbocycles. The number of hydrogen-bond acceptors (Lipinski definition) is 3. The van der Waals surface area contributed by atoms with Gasteiger partial charge in [0.25, 0.3) is 0 Å². The Morgan fingerprint density at radius 2 is 2.00 bits per heavy atom. The lowest BCUT2D eigenvalue weighted by Gasteiger charge is -2.47. The fraction of sp³-hybridized carbons (Fsp3) is 0.467. The second kappa shape index (κ2) is 5.14. The smallest absolute Gasteiger partial charge is 0.195 e. The molecule has 0 bridgehead atoms. The van der Waals surface area contributed by atoms with Crippen LogP contribution in [0.25, 0.3) is 11.4 Å². The first kappa shape index (κ1) is 13.5. The molecule has 1 heterocycles. The molecule has 5 heteroatoms. The average molecular weight is 288 g/mol. The molecule has 20 heavy (non-hydrogen) atoms. The molecule has 1 aliphatic carbocycles. The highest BCUT2D eigenvalue weighted by Gasteiger charge is 2.40. The zero-order valence-corrected chi connectivity index (χ0v) is 12.8. The third-order valence-corrected chi connectivity index (χ3v) is 4.79. The number of nitrogens with one attached hydrogen (secondary N) is 1. The summed E-state index contributed by atoms with van der Waals surface area (Å²) >= 11 is 5.43. The molecule has 1 aliphatic rings. The van der Waals surface area contributed by atoms with Crippen LogP contribution >= 0.6 is 12.2 Å². The molecule has 0 spiro atoms. The molecule has 2 aromatic rings. The van der Waals surface area contributed by atoms with Crippen molar-refractivity contribution < 1.29 is 0 Å². The first-order valence-corrected chi connectivity index (χ1v) is 7.41. The predicted molar refractivity (Wildman–Crippen MR) is 83.1 cm³/mol. The molecule has 1 saturated carbocycles. The third-order valence-electron chi connectivity index (χ3n) is 4.48. The Morgan fingerprint density at radius 1 is 1.30 bits per heavy atom. The van der Waals surface area contributed by atoms with Crippen LogP contribution in [0.2, 0.25) is 0 Å². The van der Waals surface area contributed by atoms with Gasteiger partial charge < -0.3 is 4.90 Å². The average Bonchev–Trinajstić information content (AvgIpc) is 2.75. The van der Waals surface area contributed by atoms with Crippen molar-refractivity contribution in [2.75, 3.05) is 14.1 Å². The van der Waals surface area contributed by atoms with Gasteiger partial charge in [-0.25, -0.2) is 0 Å². The molecule has 1 aromatic heterocycles. The maximum Gasteiger partial charge on any atom is 0.195 e. The molecule has 1 N–H and O–H groups in total. The van der Waals surface area contributed by atoms with Crippen molar-refractivity contribution in [2.24, 2.45) is 0 Å². The molecule has 3 rings (SSSR count). The molecule has 4 nitrogen and oxygen atoms in total. The quantitative estimate of drug-likeness (QED) is 0.878. The second-order valence-corrected chi connectivity index (χ2v) is 6.16. The summed E-state index contributed by atoms with van der Waals surface area (Å²) in [6.45, 7) is 0.902. The van der Waals surface area contributed by atoms with Crippen molar-refractivity contribution in [2.45, 2.75) is 31.3 Å². The minimum absolute atomic E-state index is 0.228.